The summed E-state index contributed by atoms with van der Waals surface area (Å²) in [5.74, 6) is -0.360. The van der Waals surface area contributed by atoms with Crippen LogP contribution in [0, 0.1) is 0 Å². The molecule has 0 saturated heterocycles. The van der Waals surface area contributed by atoms with Gasteiger partial charge < -0.3 is 15.0 Å². The van der Waals surface area contributed by atoms with Crippen molar-refractivity contribution in [3.8, 4) is 0 Å². The number of rotatable bonds is 6. The summed E-state index contributed by atoms with van der Waals surface area (Å²) in [6, 6.07) is 10.6. The smallest absolute Gasteiger partial charge is 0.268 e. The average Bonchev–Trinajstić information content (AvgIpc) is 3.08. The molecule has 1 unspecified atom stereocenters. The third-order valence-corrected chi connectivity index (χ3v) is 4.20. The molecule has 0 saturated carbocycles. The van der Waals surface area contributed by atoms with Gasteiger partial charge in [0.05, 0.1) is 22.7 Å². The number of hydrogen-bond acceptors (Lipinski definition) is 4. The SMILES string of the molecule is COCC(C)NC(=O)c1ccccc1N(C)C(=O)c1cccs1. The van der Waals surface area contributed by atoms with Crippen molar-refractivity contribution < 1.29 is 14.3 Å². The molecule has 1 atom stereocenters. The maximum absolute atomic E-state index is 12.5. The number of amides is 2. The van der Waals surface area contributed by atoms with Crippen molar-refractivity contribution in [1.82, 2.24) is 5.32 Å². The van der Waals surface area contributed by atoms with Crippen LogP contribution in [0.15, 0.2) is 41.8 Å². The predicted octanol–water partition coefficient (Wildman–Crippen LogP) is 2.79. The first-order valence-electron chi connectivity index (χ1n) is 7.25. The number of carbonyl (C=O) groups excluding carboxylic acids is 2. The molecule has 5 nitrogen and oxygen atoms in total. The van der Waals surface area contributed by atoms with Crippen molar-refractivity contribution in [3.63, 3.8) is 0 Å². The van der Waals surface area contributed by atoms with Crippen molar-refractivity contribution in [3.05, 3.63) is 52.2 Å². The van der Waals surface area contributed by atoms with Gasteiger partial charge in [0.25, 0.3) is 11.8 Å². The van der Waals surface area contributed by atoms with E-state index in [1.807, 2.05) is 24.4 Å². The fourth-order valence-electron chi connectivity index (χ4n) is 2.23. The lowest BCUT2D eigenvalue weighted by Gasteiger charge is -2.21. The number of thiophene rings is 1. The molecule has 0 aliphatic rings. The van der Waals surface area contributed by atoms with Crippen LogP contribution in [-0.2, 0) is 4.74 Å². The molecule has 2 rings (SSSR count). The first-order valence-corrected chi connectivity index (χ1v) is 8.13. The second-order valence-electron chi connectivity index (χ2n) is 5.19. The Labute approximate surface area is 139 Å². The third kappa shape index (κ3) is 4.18. The Hall–Kier alpha value is -2.18. The van der Waals surface area contributed by atoms with Gasteiger partial charge in [-0.15, -0.1) is 11.3 Å². The lowest BCUT2D eigenvalue weighted by atomic mass is 10.1. The molecule has 0 spiro atoms. The fourth-order valence-corrected chi connectivity index (χ4v) is 2.92. The number of ether oxygens (including phenoxy) is 1. The number of carbonyl (C=O) groups is 2. The maximum Gasteiger partial charge on any atom is 0.268 e. The molecular formula is C17H20N2O3S. The number of anilines is 1. The van der Waals surface area contributed by atoms with Crippen LogP contribution in [0.3, 0.4) is 0 Å². The topological polar surface area (TPSA) is 58.6 Å². The molecule has 0 aliphatic heterocycles. The molecule has 1 N–H and O–H groups in total. The van der Waals surface area contributed by atoms with Gasteiger partial charge in [-0.3, -0.25) is 9.59 Å². The van der Waals surface area contributed by atoms with Crippen LogP contribution in [0.1, 0.15) is 27.0 Å². The maximum atomic E-state index is 12.5. The van der Waals surface area contributed by atoms with Gasteiger partial charge in [0.2, 0.25) is 0 Å². The lowest BCUT2D eigenvalue weighted by molar-refractivity contribution is 0.0906. The molecule has 1 aromatic heterocycles. The zero-order valence-corrected chi connectivity index (χ0v) is 14.2. The molecule has 0 radical (unpaired) electrons. The molecule has 2 amide bonds. The minimum Gasteiger partial charge on any atom is -0.383 e. The summed E-state index contributed by atoms with van der Waals surface area (Å²) >= 11 is 1.38. The van der Waals surface area contributed by atoms with Gasteiger partial charge in [-0.1, -0.05) is 18.2 Å². The normalized spacial score (nSPS) is 11.8. The van der Waals surface area contributed by atoms with Crippen molar-refractivity contribution in [2.45, 2.75) is 13.0 Å². The number of nitrogens with zero attached hydrogens (tertiary/aromatic N) is 1. The van der Waals surface area contributed by atoms with E-state index in [4.69, 9.17) is 4.74 Å². The Morgan fingerprint density at radius 1 is 1.26 bits per heavy atom. The van der Waals surface area contributed by atoms with Crippen LogP contribution < -0.4 is 10.2 Å². The second-order valence-corrected chi connectivity index (χ2v) is 6.14. The van der Waals surface area contributed by atoms with Crippen LogP contribution >= 0.6 is 11.3 Å². The number of hydrogen-bond donors (Lipinski definition) is 1. The first kappa shape index (κ1) is 17.2. The van der Waals surface area contributed by atoms with Gasteiger partial charge >= 0.3 is 0 Å². The zero-order valence-electron chi connectivity index (χ0n) is 13.4. The van der Waals surface area contributed by atoms with E-state index in [9.17, 15) is 9.59 Å². The summed E-state index contributed by atoms with van der Waals surface area (Å²) in [5.41, 5.74) is 1.04. The van der Waals surface area contributed by atoms with E-state index in [1.165, 1.54) is 16.2 Å². The Kier molecular flexibility index (Phi) is 5.90. The Bertz CT molecular complexity index is 670. The minimum absolute atomic E-state index is 0.112. The number of para-hydroxylation sites is 1. The average molecular weight is 332 g/mol. The highest BCUT2D eigenvalue weighted by molar-refractivity contribution is 7.12. The molecule has 0 bridgehead atoms. The van der Waals surface area contributed by atoms with E-state index in [0.717, 1.165) is 0 Å². The lowest BCUT2D eigenvalue weighted by Crippen LogP contribution is -2.37. The van der Waals surface area contributed by atoms with E-state index in [1.54, 1.807) is 38.4 Å². The molecule has 23 heavy (non-hydrogen) atoms. The van der Waals surface area contributed by atoms with E-state index < -0.39 is 0 Å². The third-order valence-electron chi connectivity index (χ3n) is 3.34. The van der Waals surface area contributed by atoms with Crippen LogP contribution in [-0.4, -0.2) is 38.6 Å². The van der Waals surface area contributed by atoms with Gasteiger partial charge in [0.15, 0.2) is 0 Å². The van der Waals surface area contributed by atoms with Crippen LogP contribution in [0.2, 0.25) is 0 Å². The van der Waals surface area contributed by atoms with Gasteiger partial charge in [-0.2, -0.15) is 0 Å². The highest BCUT2D eigenvalue weighted by Crippen LogP contribution is 2.22. The van der Waals surface area contributed by atoms with Gasteiger partial charge in [0.1, 0.15) is 0 Å². The molecule has 122 valence electrons. The van der Waals surface area contributed by atoms with E-state index in [0.29, 0.717) is 22.7 Å². The molecular weight excluding hydrogens is 312 g/mol. The Morgan fingerprint density at radius 2 is 2.00 bits per heavy atom. The van der Waals surface area contributed by atoms with Crippen molar-refractivity contribution in [2.75, 3.05) is 25.7 Å². The highest BCUT2D eigenvalue weighted by atomic mass is 32.1. The summed E-state index contributed by atoms with van der Waals surface area (Å²) < 4.78 is 5.03. The summed E-state index contributed by atoms with van der Waals surface area (Å²) in [6.07, 6.45) is 0. The van der Waals surface area contributed by atoms with E-state index in [2.05, 4.69) is 5.32 Å². The number of methoxy groups -OCH3 is 1. The molecule has 0 fully saturated rings. The standard InChI is InChI=1S/C17H20N2O3S/c1-12(11-22-3)18-16(20)13-7-4-5-8-14(13)19(2)17(21)15-9-6-10-23-15/h4-10,12H,11H2,1-3H3,(H,18,20). The molecule has 6 heteroatoms. The molecule has 1 heterocycles. The summed E-state index contributed by atoms with van der Waals surface area (Å²) in [4.78, 5) is 27.1. The Morgan fingerprint density at radius 3 is 2.65 bits per heavy atom. The van der Waals surface area contributed by atoms with E-state index in [-0.39, 0.29) is 17.9 Å². The monoisotopic (exact) mass is 332 g/mol. The van der Waals surface area contributed by atoms with Crippen LogP contribution in [0.4, 0.5) is 5.69 Å². The van der Waals surface area contributed by atoms with Gasteiger partial charge in [0, 0.05) is 20.2 Å². The van der Waals surface area contributed by atoms with Crippen molar-refractivity contribution in [1.29, 1.82) is 0 Å². The predicted molar refractivity (Wildman–Crippen MR) is 92.3 cm³/mol. The van der Waals surface area contributed by atoms with Gasteiger partial charge in [-0.05, 0) is 30.5 Å². The van der Waals surface area contributed by atoms with Crippen LogP contribution in [0.5, 0.6) is 0 Å². The number of nitrogens with one attached hydrogen (secondary N) is 1. The van der Waals surface area contributed by atoms with Gasteiger partial charge in [-0.25, -0.2) is 0 Å². The fraction of sp³-hybridized carbons (Fsp3) is 0.294. The summed E-state index contributed by atoms with van der Waals surface area (Å²) in [5, 5.41) is 4.72. The minimum atomic E-state index is -0.226. The quantitative estimate of drug-likeness (QED) is 0.885. The molecule has 1 aromatic carbocycles. The first-order chi connectivity index (χ1) is 11.0. The summed E-state index contributed by atoms with van der Waals surface area (Å²) in [7, 11) is 3.26. The number of benzene rings is 1. The van der Waals surface area contributed by atoms with Crippen LogP contribution in [0.25, 0.3) is 0 Å². The van der Waals surface area contributed by atoms with E-state index >= 15 is 0 Å². The van der Waals surface area contributed by atoms with Crippen molar-refractivity contribution in [2.24, 2.45) is 0 Å². The molecule has 0 aliphatic carbocycles. The largest absolute Gasteiger partial charge is 0.383 e. The molecule has 2 aromatic rings. The Balaban J connectivity index is 2.23. The van der Waals surface area contributed by atoms with Crippen molar-refractivity contribution >= 4 is 28.8 Å². The highest BCUT2D eigenvalue weighted by Gasteiger charge is 2.20. The summed E-state index contributed by atoms with van der Waals surface area (Å²) in [6.45, 7) is 2.29. The second kappa shape index (κ2) is 7.89. The zero-order chi connectivity index (χ0) is 16.8.